The average Bonchev–Trinajstić information content (AvgIpc) is 3.17. The maximum Gasteiger partial charge on any atom is 0.137 e. The van der Waals surface area contributed by atoms with Gasteiger partial charge in [-0.1, -0.05) is 0 Å². The van der Waals surface area contributed by atoms with Crippen molar-refractivity contribution in [3.05, 3.63) is 21.2 Å². The Kier molecular flexibility index (Phi) is 3.81. The molecule has 1 saturated heterocycles. The molecule has 3 heterocycles. The van der Waals surface area contributed by atoms with Crippen LogP contribution in [-0.4, -0.2) is 50.8 Å². The Hall–Kier alpha value is -0.780. The third-order valence-corrected chi connectivity index (χ3v) is 5.57. The number of rotatable bonds is 3. The molecule has 0 aromatic heterocycles. The van der Waals surface area contributed by atoms with Crippen LogP contribution in [0.2, 0.25) is 0 Å². The van der Waals surface area contributed by atoms with Crippen LogP contribution < -0.4 is 14.8 Å². The van der Waals surface area contributed by atoms with Gasteiger partial charge in [-0.25, -0.2) is 0 Å². The van der Waals surface area contributed by atoms with Crippen LogP contribution in [0.25, 0.3) is 0 Å². The SMILES string of the molecule is Brc1c2c(c(CCN3CCNCC3)c3c1OCC3)OCC2. The molecule has 0 amide bonds. The molecule has 4 nitrogen and oxygen atoms in total. The number of ether oxygens (including phenoxy) is 2. The lowest BCUT2D eigenvalue weighted by atomic mass is 9.97. The number of nitrogens with one attached hydrogen (secondary N) is 1. The van der Waals surface area contributed by atoms with Gasteiger partial charge in [-0.05, 0) is 22.4 Å². The van der Waals surface area contributed by atoms with Gasteiger partial charge in [-0.3, -0.25) is 0 Å². The van der Waals surface area contributed by atoms with E-state index in [0.29, 0.717) is 0 Å². The first-order valence-electron chi connectivity index (χ1n) is 7.89. The van der Waals surface area contributed by atoms with E-state index in [1.165, 1.54) is 16.7 Å². The molecule has 5 heteroatoms. The second-order valence-corrected chi connectivity index (χ2v) is 6.74. The van der Waals surface area contributed by atoms with Crippen LogP contribution in [0.3, 0.4) is 0 Å². The van der Waals surface area contributed by atoms with Crippen LogP contribution >= 0.6 is 15.9 Å². The third kappa shape index (κ3) is 2.45. The van der Waals surface area contributed by atoms with Gasteiger partial charge in [0, 0.05) is 62.3 Å². The van der Waals surface area contributed by atoms with Crippen LogP contribution in [0.4, 0.5) is 0 Å². The van der Waals surface area contributed by atoms with E-state index in [0.717, 1.165) is 81.2 Å². The highest BCUT2D eigenvalue weighted by molar-refractivity contribution is 9.10. The van der Waals surface area contributed by atoms with Crippen LogP contribution in [0.5, 0.6) is 11.5 Å². The Morgan fingerprint density at radius 3 is 2.52 bits per heavy atom. The van der Waals surface area contributed by atoms with Gasteiger partial charge in [0.1, 0.15) is 11.5 Å². The fraction of sp³-hybridized carbons (Fsp3) is 0.625. The molecule has 1 aromatic carbocycles. The fourth-order valence-electron chi connectivity index (χ4n) is 3.62. The van der Waals surface area contributed by atoms with Crippen molar-refractivity contribution in [1.29, 1.82) is 0 Å². The molecule has 0 saturated carbocycles. The predicted molar refractivity (Wildman–Crippen MR) is 85.6 cm³/mol. The van der Waals surface area contributed by atoms with Gasteiger partial charge in [0.2, 0.25) is 0 Å². The van der Waals surface area contributed by atoms with Crippen LogP contribution in [0, 0.1) is 0 Å². The van der Waals surface area contributed by atoms with E-state index in [1.54, 1.807) is 0 Å². The molecule has 0 radical (unpaired) electrons. The van der Waals surface area contributed by atoms with Crippen LogP contribution in [0.1, 0.15) is 16.7 Å². The normalized spacial score (nSPS) is 20.8. The second-order valence-electron chi connectivity index (χ2n) is 5.95. The molecule has 4 rings (SSSR count). The molecule has 3 aliphatic heterocycles. The minimum absolute atomic E-state index is 0.803. The number of nitrogens with zero attached hydrogens (tertiary/aromatic N) is 1. The Balaban J connectivity index is 1.62. The van der Waals surface area contributed by atoms with Crippen molar-refractivity contribution in [3.8, 4) is 11.5 Å². The summed E-state index contributed by atoms with van der Waals surface area (Å²) in [5, 5.41) is 3.41. The van der Waals surface area contributed by atoms with Gasteiger partial charge < -0.3 is 19.7 Å². The van der Waals surface area contributed by atoms with E-state index in [1.807, 2.05) is 0 Å². The first kappa shape index (κ1) is 13.9. The van der Waals surface area contributed by atoms with E-state index in [2.05, 4.69) is 26.1 Å². The fourth-order valence-corrected chi connectivity index (χ4v) is 4.35. The predicted octanol–water partition coefficient (Wildman–Crippen LogP) is 1.77. The minimum Gasteiger partial charge on any atom is -0.493 e. The van der Waals surface area contributed by atoms with Gasteiger partial charge in [0.05, 0.1) is 17.7 Å². The standard InChI is InChI=1S/C16H21BrN2O2/c17-14-13-3-10-20-15(13)11(12-2-9-21-16(12)14)1-6-19-7-4-18-5-8-19/h18H,1-10H2. The summed E-state index contributed by atoms with van der Waals surface area (Å²) in [7, 11) is 0. The molecule has 0 atom stereocenters. The van der Waals surface area contributed by atoms with Crippen molar-refractivity contribution in [1.82, 2.24) is 10.2 Å². The summed E-state index contributed by atoms with van der Waals surface area (Å²) in [6, 6.07) is 0. The van der Waals surface area contributed by atoms with Crippen LogP contribution in [-0.2, 0) is 19.3 Å². The van der Waals surface area contributed by atoms with Crippen molar-refractivity contribution < 1.29 is 9.47 Å². The number of fused-ring (bicyclic) bond motifs is 2. The first-order valence-corrected chi connectivity index (χ1v) is 8.68. The zero-order valence-electron chi connectivity index (χ0n) is 12.2. The maximum absolute atomic E-state index is 5.96. The zero-order chi connectivity index (χ0) is 14.2. The number of piperazine rings is 1. The van der Waals surface area contributed by atoms with Crippen molar-refractivity contribution in [3.63, 3.8) is 0 Å². The third-order valence-electron chi connectivity index (χ3n) is 4.74. The number of hydrogen-bond donors (Lipinski definition) is 1. The summed E-state index contributed by atoms with van der Waals surface area (Å²) in [4.78, 5) is 2.54. The molecule has 1 aromatic rings. The number of benzene rings is 1. The summed E-state index contributed by atoms with van der Waals surface area (Å²) in [6.45, 7) is 7.24. The van der Waals surface area contributed by atoms with Crippen molar-refractivity contribution in [2.45, 2.75) is 19.3 Å². The topological polar surface area (TPSA) is 33.7 Å². The summed E-state index contributed by atoms with van der Waals surface area (Å²) in [6.07, 6.45) is 3.08. The average molecular weight is 353 g/mol. The van der Waals surface area contributed by atoms with Crippen molar-refractivity contribution >= 4 is 15.9 Å². The lowest BCUT2D eigenvalue weighted by molar-refractivity contribution is 0.242. The van der Waals surface area contributed by atoms with E-state index in [-0.39, 0.29) is 0 Å². The Bertz CT molecular complexity index is 521. The Labute approximate surface area is 133 Å². The lowest BCUT2D eigenvalue weighted by Gasteiger charge is -2.27. The molecule has 114 valence electrons. The van der Waals surface area contributed by atoms with E-state index >= 15 is 0 Å². The van der Waals surface area contributed by atoms with Crippen LogP contribution in [0.15, 0.2) is 4.47 Å². The quantitative estimate of drug-likeness (QED) is 0.898. The molecule has 0 aliphatic carbocycles. The molecular formula is C16H21BrN2O2. The van der Waals surface area contributed by atoms with Gasteiger partial charge in [-0.15, -0.1) is 0 Å². The summed E-state index contributed by atoms with van der Waals surface area (Å²) < 4.78 is 13.0. The smallest absolute Gasteiger partial charge is 0.137 e. The number of halogens is 1. The summed E-state index contributed by atoms with van der Waals surface area (Å²) >= 11 is 3.72. The van der Waals surface area contributed by atoms with E-state index in [9.17, 15) is 0 Å². The van der Waals surface area contributed by atoms with Gasteiger partial charge in [0.15, 0.2) is 0 Å². The molecular weight excluding hydrogens is 332 g/mol. The van der Waals surface area contributed by atoms with Crippen molar-refractivity contribution in [2.75, 3.05) is 45.9 Å². The first-order chi connectivity index (χ1) is 10.3. The largest absolute Gasteiger partial charge is 0.493 e. The number of hydrogen-bond acceptors (Lipinski definition) is 4. The maximum atomic E-state index is 5.96. The summed E-state index contributed by atoms with van der Waals surface area (Å²) in [5.41, 5.74) is 4.08. The highest BCUT2D eigenvalue weighted by Crippen LogP contribution is 2.47. The minimum atomic E-state index is 0.803. The second kappa shape index (κ2) is 5.78. The molecule has 1 N–H and O–H groups in total. The van der Waals surface area contributed by atoms with Gasteiger partial charge in [0.25, 0.3) is 0 Å². The molecule has 0 bridgehead atoms. The molecule has 1 fully saturated rings. The van der Waals surface area contributed by atoms with Crippen molar-refractivity contribution in [2.24, 2.45) is 0 Å². The highest BCUT2D eigenvalue weighted by Gasteiger charge is 2.30. The van der Waals surface area contributed by atoms with Gasteiger partial charge >= 0.3 is 0 Å². The van der Waals surface area contributed by atoms with Gasteiger partial charge in [-0.2, -0.15) is 0 Å². The zero-order valence-corrected chi connectivity index (χ0v) is 13.8. The highest BCUT2D eigenvalue weighted by atomic mass is 79.9. The molecule has 0 unspecified atom stereocenters. The lowest BCUT2D eigenvalue weighted by Crippen LogP contribution is -2.44. The molecule has 3 aliphatic rings. The summed E-state index contributed by atoms with van der Waals surface area (Å²) in [5.74, 6) is 2.22. The Morgan fingerprint density at radius 2 is 1.71 bits per heavy atom. The van der Waals surface area contributed by atoms with E-state index in [4.69, 9.17) is 9.47 Å². The Morgan fingerprint density at radius 1 is 1.00 bits per heavy atom. The van der Waals surface area contributed by atoms with E-state index < -0.39 is 0 Å². The molecule has 21 heavy (non-hydrogen) atoms. The molecule has 0 spiro atoms. The monoisotopic (exact) mass is 352 g/mol.